The molecule has 2 aromatic rings. The molecule has 0 aliphatic carbocycles. The molecule has 1 aliphatic rings. The summed E-state index contributed by atoms with van der Waals surface area (Å²) >= 11 is 0. The number of aryl methyl sites for hydroxylation is 1. The molecule has 6 nitrogen and oxygen atoms in total. The maximum absolute atomic E-state index is 12.8. The van der Waals surface area contributed by atoms with E-state index >= 15 is 0 Å². The fourth-order valence-electron chi connectivity index (χ4n) is 3.15. The predicted octanol–water partition coefficient (Wildman–Crippen LogP) is 2.38. The molecule has 1 aromatic carbocycles. The van der Waals surface area contributed by atoms with Crippen LogP contribution in [0, 0.1) is 6.92 Å². The van der Waals surface area contributed by atoms with E-state index < -0.39 is 5.97 Å². The summed E-state index contributed by atoms with van der Waals surface area (Å²) in [4.78, 5) is 30.6. The van der Waals surface area contributed by atoms with E-state index in [-0.39, 0.29) is 5.91 Å². The summed E-state index contributed by atoms with van der Waals surface area (Å²) in [6.45, 7) is 2.88. The maximum atomic E-state index is 12.8. The highest BCUT2D eigenvalue weighted by Crippen LogP contribution is 2.25. The average molecular weight is 340 g/mol. The Bertz CT molecular complexity index is 832. The van der Waals surface area contributed by atoms with Crippen molar-refractivity contribution in [3.05, 3.63) is 58.4 Å². The number of fused-ring (bicyclic) bond motifs is 1. The third-order valence-electron chi connectivity index (χ3n) is 4.47. The summed E-state index contributed by atoms with van der Waals surface area (Å²) in [7, 11) is 2.96. The lowest BCUT2D eigenvalue weighted by Gasteiger charge is -2.29. The van der Waals surface area contributed by atoms with Crippen molar-refractivity contribution in [2.45, 2.75) is 19.9 Å². The number of pyridine rings is 1. The number of rotatable bonds is 3. The summed E-state index contributed by atoms with van der Waals surface area (Å²) in [6, 6.07) is 5.41. The molecule has 130 valence electrons. The van der Waals surface area contributed by atoms with Gasteiger partial charge in [0.2, 0.25) is 0 Å². The number of hydrogen-bond acceptors (Lipinski definition) is 5. The molecule has 1 amide bonds. The molecular formula is C19H20N2O4. The molecule has 0 saturated carbocycles. The van der Waals surface area contributed by atoms with Crippen molar-refractivity contribution in [2.75, 3.05) is 20.8 Å². The summed E-state index contributed by atoms with van der Waals surface area (Å²) in [5.41, 5.74) is 3.82. The maximum Gasteiger partial charge on any atom is 0.339 e. The molecule has 2 heterocycles. The second-order valence-corrected chi connectivity index (χ2v) is 5.98. The largest absolute Gasteiger partial charge is 0.496 e. The first-order valence-electron chi connectivity index (χ1n) is 8.03. The lowest BCUT2D eigenvalue weighted by atomic mass is 9.96. The zero-order valence-electron chi connectivity index (χ0n) is 14.5. The van der Waals surface area contributed by atoms with Crippen LogP contribution < -0.4 is 4.74 Å². The number of amides is 1. The van der Waals surface area contributed by atoms with Gasteiger partial charge in [-0.1, -0.05) is 0 Å². The molecule has 0 radical (unpaired) electrons. The van der Waals surface area contributed by atoms with E-state index in [0.29, 0.717) is 30.6 Å². The lowest BCUT2D eigenvalue weighted by Crippen LogP contribution is -2.36. The van der Waals surface area contributed by atoms with Gasteiger partial charge in [0, 0.05) is 31.0 Å². The van der Waals surface area contributed by atoms with E-state index in [1.54, 1.807) is 30.3 Å². The fourth-order valence-corrected chi connectivity index (χ4v) is 3.15. The van der Waals surface area contributed by atoms with Gasteiger partial charge >= 0.3 is 5.97 Å². The van der Waals surface area contributed by atoms with Crippen molar-refractivity contribution in [1.82, 2.24) is 9.88 Å². The Morgan fingerprint density at radius 1 is 1.20 bits per heavy atom. The van der Waals surface area contributed by atoms with Crippen LogP contribution in [-0.4, -0.2) is 42.5 Å². The van der Waals surface area contributed by atoms with Gasteiger partial charge in [0.1, 0.15) is 5.75 Å². The summed E-state index contributed by atoms with van der Waals surface area (Å²) in [5.74, 6) is 0.322. The molecular weight excluding hydrogens is 320 g/mol. The summed E-state index contributed by atoms with van der Waals surface area (Å²) in [6.07, 6.45) is 3.83. The van der Waals surface area contributed by atoms with Crippen molar-refractivity contribution in [2.24, 2.45) is 0 Å². The van der Waals surface area contributed by atoms with E-state index in [0.717, 1.165) is 22.4 Å². The van der Waals surface area contributed by atoms with Crippen molar-refractivity contribution in [1.29, 1.82) is 0 Å². The molecule has 0 fully saturated rings. The van der Waals surface area contributed by atoms with Gasteiger partial charge in [-0.15, -0.1) is 0 Å². The van der Waals surface area contributed by atoms with Crippen molar-refractivity contribution in [3.8, 4) is 5.75 Å². The normalized spacial score (nSPS) is 13.2. The zero-order chi connectivity index (χ0) is 18.0. The van der Waals surface area contributed by atoms with Crippen LogP contribution in [-0.2, 0) is 17.7 Å². The van der Waals surface area contributed by atoms with Crippen molar-refractivity contribution < 1.29 is 19.1 Å². The quantitative estimate of drug-likeness (QED) is 0.803. The Kier molecular flexibility index (Phi) is 4.70. The van der Waals surface area contributed by atoms with Crippen LogP contribution in [0.2, 0.25) is 0 Å². The Balaban J connectivity index is 1.84. The van der Waals surface area contributed by atoms with Gasteiger partial charge in [0.05, 0.1) is 19.8 Å². The number of ether oxygens (including phenoxy) is 2. The van der Waals surface area contributed by atoms with Crippen LogP contribution in [0.3, 0.4) is 0 Å². The van der Waals surface area contributed by atoms with Crippen molar-refractivity contribution in [3.63, 3.8) is 0 Å². The number of carbonyl (C=O) groups is 2. The molecule has 0 saturated heterocycles. The van der Waals surface area contributed by atoms with Crippen LogP contribution >= 0.6 is 0 Å². The SMILES string of the molecule is COC(=O)c1cncc2c1CCN(C(=O)c1ccc(OC)c(C)c1)C2. The molecule has 0 spiro atoms. The van der Waals surface area contributed by atoms with Crippen LogP contribution in [0.4, 0.5) is 0 Å². The minimum atomic E-state index is -0.394. The smallest absolute Gasteiger partial charge is 0.339 e. The second kappa shape index (κ2) is 6.93. The van der Waals surface area contributed by atoms with E-state index in [9.17, 15) is 9.59 Å². The fraction of sp³-hybridized carbons (Fsp3) is 0.316. The van der Waals surface area contributed by atoms with Gasteiger partial charge in [-0.05, 0) is 48.2 Å². The average Bonchev–Trinajstić information content (AvgIpc) is 2.65. The van der Waals surface area contributed by atoms with E-state index in [1.165, 1.54) is 13.3 Å². The Morgan fingerprint density at radius 3 is 2.68 bits per heavy atom. The first kappa shape index (κ1) is 17.0. The molecule has 3 rings (SSSR count). The first-order chi connectivity index (χ1) is 12.0. The molecule has 25 heavy (non-hydrogen) atoms. The van der Waals surface area contributed by atoms with E-state index in [2.05, 4.69) is 4.98 Å². The van der Waals surface area contributed by atoms with Crippen LogP contribution in [0.25, 0.3) is 0 Å². The monoisotopic (exact) mass is 340 g/mol. The van der Waals surface area contributed by atoms with Crippen LogP contribution in [0.1, 0.15) is 37.4 Å². The number of methoxy groups -OCH3 is 2. The topological polar surface area (TPSA) is 68.7 Å². The third-order valence-corrected chi connectivity index (χ3v) is 4.47. The zero-order valence-corrected chi connectivity index (χ0v) is 14.5. The highest BCUT2D eigenvalue weighted by Gasteiger charge is 2.26. The Morgan fingerprint density at radius 2 is 2.00 bits per heavy atom. The minimum absolute atomic E-state index is 0.0418. The molecule has 1 aliphatic heterocycles. The highest BCUT2D eigenvalue weighted by molar-refractivity contribution is 5.95. The van der Waals surface area contributed by atoms with E-state index in [1.807, 2.05) is 13.0 Å². The van der Waals surface area contributed by atoms with Gasteiger partial charge in [0.25, 0.3) is 5.91 Å². The van der Waals surface area contributed by atoms with Gasteiger partial charge in [0.15, 0.2) is 0 Å². The van der Waals surface area contributed by atoms with Crippen molar-refractivity contribution >= 4 is 11.9 Å². The third kappa shape index (κ3) is 3.20. The molecule has 0 N–H and O–H groups in total. The summed E-state index contributed by atoms with van der Waals surface area (Å²) < 4.78 is 10.1. The number of hydrogen-bond donors (Lipinski definition) is 0. The molecule has 0 unspecified atom stereocenters. The van der Waals surface area contributed by atoms with Gasteiger partial charge in [-0.3, -0.25) is 9.78 Å². The Hall–Kier alpha value is -2.89. The van der Waals surface area contributed by atoms with Crippen LogP contribution in [0.15, 0.2) is 30.6 Å². The second-order valence-electron chi connectivity index (χ2n) is 5.98. The highest BCUT2D eigenvalue weighted by atomic mass is 16.5. The lowest BCUT2D eigenvalue weighted by molar-refractivity contribution is 0.0598. The van der Waals surface area contributed by atoms with Gasteiger partial charge in [-0.25, -0.2) is 4.79 Å². The van der Waals surface area contributed by atoms with Crippen LogP contribution in [0.5, 0.6) is 5.75 Å². The molecule has 6 heteroatoms. The van der Waals surface area contributed by atoms with E-state index in [4.69, 9.17) is 9.47 Å². The number of carbonyl (C=O) groups excluding carboxylic acids is 2. The van der Waals surface area contributed by atoms with Gasteiger partial charge in [-0.2, -0.15) is 0 Å². The molecule has 0 atom stereocenters. The van der Waals surface area contributed by atoms with Gasteiger partial charge < -0.3 is 14.4 Å². The minimum Gasteiger partial charge on any atom is -0.496 e. The standard InChI is InChI=1S/C19H20N2O4/c1-12-8-13(4-5-17(12)24-2)18(22)21-7-6-15-14(11-21)9-20-10-16(15)19(23)25-3/h4-5,8-10H,6-7,11H2,1-3H3. The predicted molar refractivity (Wildman–Crippen MR) is 91.8 cm³/mol. The Labute approximate surface area is 146 Å². The number of nitrogens with zero attached hydrogens (tertiary/aromatic N) is 2. The number of benzene rings is 1. The molecule has 1 aromatic heterocycles. The number of aromatic nitrogens is 1. The first-order valence-corrected chi connectivity index (χ1v) is 8.03. The summed E-state index contributed by atoms with van der Waals surface area (Å²) in [5, 5.41) is 0. The molecule has 0 bridgehead atoms. The number of esters is 1.